The number of ether oxygens (including phenoxy) is 2. The Morgan fingerprint density at radius 2 is 1.83 bits per heavy atom. The molecule has 0 fully saturated rings. The van der Waals surface area contributed by atoms with Gasteiger partial charge in [0.1, 0.15) is 5.75 Å². The topological polar surface area (TPSA) is 67.2 Å². The summed E-state index contributed by atoms with van der Waals surface area (Å²) >= 11 is 6.14. The van der Waals surface area contributed by atoms with Crippen molar-refractivity contribution in [3.05, 3.63) is 94.4 Å². The Kier molecular flexibility index (Phi) is 7.38. The first-order valence-corrected chi connectivity index (χ1v) is 11.7. The van der Waals surface area contributed by atoms with Crippen molar-refractivity contribution in [1.82, 2.24) is 4.98 Å². The summed E-state index contributed by atoms with van der Waals surface area (Å²) in [6.45, 7) is 5.98. The monoisotopic (exact) mass is 489 g/mol. The Morgan fingerprint density at radius 3 is 2.51 bits per heavy atom. The van der Waals surface area contributed by atoms with Gasteiger partial charge in [-0.05, 0) is 75.4 Å². The first-order chi connectivity index (χ1) is 16.9. The largest absolute Gasteiger partial charge is 0.494 e. The molecule has 1 unspecified atom stereocenters. The van der Waals surface area contributed by atoms with Gasteiger partial charge in [-0.2, -0.15) is 5.26 Å². The minimum Gasteiger partial charge on any atom is -0.494 e. The van der Waals surface area contributed by atoms with E-state index in [1.165, 1.54) is 0 Å². The average molecular weight is 490 g/mol. The molecule has 5 nitrogen and oxygen atoms in total. The van der Waals surface area contributed by atoms with Crippen molar-refractivity contribution in [2.24, 2.45) is 0 Å². The maximum Gasteiger partial charge on any atom is 0.171 e. The van der Waals surface area contributed by atoms with Gasteiger partial charge in [0.05, 0.1) is 41.6 Å². The van der Waals surface area contributed by atoms with Crippen LogP contribution in [-0.2, 0) is 0 Å². The summed E-state index contributed by atoms with van der Waals surface area (Å²) in [6.07, 6.45) is -0.220. The van der Waals surface area contributed by atoms with Gasteiger partial charge in [0, 0.05) is 27.7 Å². The fourth-order valence-electron chi connectivity index (χ4n) is 3.78. The van der Waals surface area contributed by atoms with Crippen LogP contribution < -0.4 is 14.8 Å². The first-order valence-electron chi connectivity index (χ1n) is 11.3. The van der Waals surface area contributed by atoms with Crippen LogP contribution in [0.3, 0.4) is 0 Å². The molecule has 178 valence electrons. The molecule has 0 saturated carbocycles. The Hall–Kier alpha value is -3.82. The number of benzene rings is 3. The summed E-state index contributed by atoms with van der Waals surface area (Å²) in [5.74, 6) is 0.116. The number of hydrogen-bond donors (Lipinski definition) is 1. The van der Waals surface area contributed by atoms with E-state index in [9.17, 15) is 0 Å². The predicted octanol–water partition coefficient (Wildman–Crippen LogP) is 7.29. The highest BCUT2D eigenvalue weighted by atomic mass is 35.5. The number of rotatable bonds is 8. The lowest BCUT2D eigenvalue weighted by Gasteiger charge is -2.23. The SMILES string of the molecule is CCOc1cc(OC(C)C)c(F)c(C(Nc2ccc(C#N)cc2)c2ccc3cc(Cl)ccc3n2)c1. The fraction of sp³-hybridized carbons (Fsp3) is 0.214. The highest BCUT2D eigenvalue weighted by molar-refractivity contribution is 6.31. The fourth-order valence-corrected chi connectivity index (χ4v) is 3.97. The highest BCUT2D eigenvalue weighted by Gasteiger charge is 2.24. The molecule has 0 saturated heterocycles. The maximum atomic E-state index is 15.9. The van der Waals surface area contributed by atoms with E-state index < -0.39 is 11.9 Å². The van der Waals surface area contributed by atoms with Crippen molar-refractivity contribution in [3.63, 3.8) is 0 Å². The standard InChI is InChI=1S/C28H25ClFN3O2/c1-4-34-22-14-23(27(30)26(15-22)35-17(2)3)28(32-21-9-5-18(16-31)6-10-21)25-11-7-19-13-20(29)8-12-24(19)33-25/h5-15,17,28,32H,4H2,1-3H3. The third kappa shape index (κ3) is 5.64. The van der Waals surface area contributed by atoms with Crippen LogP contribution in [0.4, 0.5) is 10.1 Å². The first kappa shape index (κ1) is 24.3. The number of hydrogen-bond acceptors (Lipinski definition) is 5. The van der Waals surface area contributed by atoms with Crippen molar-refractivity contribution in [1.29, 1.82) is 5.26 Å². The lowest BCUT2D eigenvalue weighted by atomic mass is 10.00. The molecule has 0 spiro atoms. The van der Waals surface area contributed by atoms with Gasteiger partial charge in [-0.25, -0.2) is 4.39 Å². The second kappa shape index (κ2) is 10.6. The molecule has 0 aliphatic heterocycles. The summed E-state index contributed by atoms with van der Waals surface area (Å²) in [5, 5.41) is 14.0. The van der Waals surface area contributed by atoms with Crippen molar-refractivity contribution in [2.75, 3.05) is 11.9 Å². The molecule has 3 aromatic carbocycles. The minimum absolute atomic E-state index is 0.111. The van der Waals surface area contributed by atoms with Crippen LogP contribution in [0.15, 0.2) is 66.7 Å². The van der Waals surface area contributed by atoms with Crippen LogP contribution in [0.1, 0.15) is 43.6 Å². The van der Waals surface area contributed by atoms with Crippen molar-refractivity contribution in [3.8, 4) is 17.6 Å². The van der Waals surface area contributed by atoms with Crippen LogP contribution in [0.5, 0.6) is 11.5 Å². The third-order valence-corrected chi connectivity index (χ3v) is 5.55. The van der Waals surface area contributed by atoms with Gasteiger partial charge in [0.15, 0.2) is 11.6 Å². The van der Waals surface area contributed by atoms with E-state index >= 15 is 4.39 Å². The van der Waals surface area contributed by atoms with Gasteiger partial charge in [0.25, 0.3) is 0 Å². The van der Waals surface area contributed by atoms with Crippen molar-refractivity contribution in [2.45, 2.75) is 32.9 Å². The molecule has 4 aromatic rings. The molecule has 0 aliphatic rings. The Balaban J connectivity index is 1.87. The lowest BCUT2D eigenvalue weighted by molar-refractivity contribution is 0.228. The van der Waals surface area contributed by atoms with E-state index in [1.807, 2.05) is 45.0 Å². The van der Waals surface area contributed by atoms with Crippen LogP contribution in [0.25, 0.3) is 10.9 Å². The molecule has 7 heteroatoms. The number of nitrogens with zero attached hydrogens (tertiary/aromatic N) is 2. The number of aromatic nitrogens is 1. The normalized spacial score (nSPS) is 11.8. The number of pyridine rings is 1. The Labute approximate surface area is 209 Å². The Bertz CT molecular complexity index is 1380. The van der Waals surface area contributed by atoms with Gasteiger partial charge in [-0.3, -0.25) is 4.98 Å². The van der Waals surface area contributed by atoms with Gasteiger partial charge in [0.2, 0.25) is 0 Å². The molecule has 1 heterocycles. The summed E-state index contributed by atoms with van der Waals surface area (Å²) < 4.78 is 27.4. The van der Waals surface area contributed by atoms with Gasteiger partial charge in [-0.1, -0.05) is 17.7 Å². The van der Waals surface area contributed by atoms with E-state index in [1.54, 1.807) is 42.5 Å². The van der Waals surface area contributed by atoms with E-state index in [0.717, 1.165) is 10.9 Å². The predicted molar refractivity (Wildman–Crippen MR) is 137 cm³/mol. The quantitative estimate of drug-likeness (QED) is 0.281. The molecule has 1 N–H and O–H groups in total. The zero-order chi connectivity index (χ0) is 24.9. The molecular weight excluding hydrogens is 465 g/mol. The molecule has 0 aliphatic carbocycles. The average Bonchev–Trinajstić information content (AvgIpc) is 2.84. The smallest absolute Gasteiger partial charge is 0.171 e. The highest BCUT2D eigenvalue weighted by Crippen LogP contribution is 2.36. The molecule has 35 heavy (non-hydrogen) atoms. The van der Waals surface area contributed by atoms with Crippen molar-refractivity contribution < 1.29 is 13.9 Å². The van der Waals surface area contributed by atoms with Gasteiger partial charge < -0.3 is 14.8 Å². The number of anilines is 1. The van der Waals surface area contributed by atoms with E-state index in [2.05, 4.69) is 11.4 Å². The van der Waals surface area contributed by atoms with Crippen molar-refractivity contribution >= 4 is 28.2 Å². The number of nitriles is 1. The van der Waals surface area contributed by atoms with Crippen LogP contribution >= 0.6 is 11.6 Å². The zero-order valence-electron chi connectivity index (χ0n) is 19.7. The summed E-state index contributed by atoms with van der Waals surface area (Å²) in [5.41, 5.74) is 2.91. The lowest BCUT2D eigenvalue weighted by Crippen LogP contribution is -2.17. The molecule has 4 rings (SSSR count). The Morgan fingerprint density at radius 1 is 1.06 bits per heavy atom. The van der Waals surface area contributed by atoms with E-state index in [0.29, 0.717) is 39.9 Å². The molecule has 0 radical (unpaired) electrons. The maximum absolute atomic E-state index is 15.9. The third-order valence-electron chi connectivity index (χ3n) is 5.32. The molecule has 0 bridgehead atoms. The molecule has 0 amide bonds. The summed E-state index contributed by atoms with van der Waals surface area (Å²) in [4.78, 5) is 4.81. The minimum atomic E-state index is -0.669. The van der Waals surface area contributed by atoms with Gasteiger partial charge in [-0.15, -0.1) is 0 Å². The van der Waals surface area contributed by atoms with E-state index in [4.69, 9.17) is 31.3 Å². The van der Waals surface area contributed by atoms with Crippen LogP contribution in [0.2, 0.25) is 5.02 Å². The number of nitrogens with one attached hydrogen (secondary N) is 1. The summed E-state index contributed by atoms with van der Waals surface area (Å²) in [7, 11) is 0. The van der Waals surface area contributed by atoms with Crippen LogP contribution in [0, 0.1) is 17.1 Å². The van der Waals surface area contributed by atoms with E-state index in [-0.39, 0.29) is 11.9 Å². The number of halogens is 2. The zero-order valence-corrected chi connectivity index (χ0v) is 20.4. The van der Waals surface area contributed by atoms with Crippen LogP contribution in [-0.4, -0.2) is 17.7 Å². The second-order valence-corrected chi connectivity index (χ2v) is 8.70. The number of fused-ring (bicyclic) bond motifs is 1. The molecular formula is C28H25ClFN3O2. The van der Waals surface area contributed by atoms with Gasteiger partial charge >= 0.3 is 0 Å². The second-order valence-electron chi connectivity index (χ2n) is 8.26. The molecule has 1 aromatic heterocycles. The molecule has 1 atom stereocenters. The summed E-state index contributed by atoms with van der Waals surface area (Å²) in [6, 6.07) is 20.8.